The fourth-order valence-electron chi connectivity index (χ4n) is 5.48. The first-order chi connectivity index (χ1) is 18.4. The van der Waals surface area contributed by atoms with Gasteiger partial charge in [-0.1, -0.05) is 18.2 Å². The molecule has 3 aromatic rings. The van der Waals surface area contributed by atoms with E-state index in [0.717, 1.165) is 21.4 Å². The van der Waals surface area contributed by atoms with Gasteiger partial charge in [0, 0.05) is 16.6 Å². The average Bonchev–Trinajstić information content (AvgIpc) is 3.46. The normalized spacial score (nSPS) is 21.8. The van der Waals surface area contributed by atoms with E-state index in [9.17, 15) is 19.2 Å². The Morgan fingerprint density at radius 1 is 1.18 bits per heavy atom. The van der Waals surface area contributed by atoms with Crippen LogP contribution >= 0.6 is 11.8 Å². The lowest BCUT2D eigenvalue weighted by Crippen LogP contribution is -2.36. The minimum absolute atomic E-state index is 0.0602. The summed E-state index contributed by atoms with van der Waals surface area (Å²) in [6.07, 6.45) is 0.613. The van der Waals surface area contributed by atoms with Crippen LogP contribution < -0.4 is 21.1 Å². The number of pyridine rings is 1. The van der Waals surface area contributed by atoms with E-state index in [-0.39, 0.29) is 17.6 Å². The number of carbonyl (C=O) groups excluding carboxylic acids is 3. The number of thioether (sulfide) groups is 1. The van der Waals surface area contributed by atoms with Crippen LogP contribution in [0.2, 0.25) is 0 Å². The quantitative estimate of drug-likeness (QED) is 0.350. The van der Waals surface area contributed by atoms with E-state index in [1.807, 2.05) is 30.3 Å². The third-order valence-corrected chi connectivity index (χ3v) is 8.28. The number of carbonyl (C=O) groups is 3. The standard InChI is InChI=1S/C27H26N4O6S/c1-36-26(34)25-23(18-6-2-4-15-7-10-22(33)31(25)24(15)18)28-11-3-5-17-13-30(27(35)37-17)16-8-9-20-19(12-16)29-21(32)14-38-20/h2,4,6-10,12,17,23,25,28H,3,5,11,13-14H2,1H3,(H,29,32)/t17-,23+,25+/m1/s1. The summed E-state index contributed by atoms with van der Waals surface area (Å²) in [7, 11) is 1.32. The Morgan fingerprint density at radius 3 is 2.89 bits per heavy atom. The molecule has 0 aliphatic carbocycles. The second-order valence-electron chi connectivity index (χ2n) is 9.50. The topological polar surface area (TPSA) is 119 Å². The average molecular weight is 535 g/mol. The Labute approximate surface area is 222 Å². The molecule has 196 valence electrons. The van der Waals surface area contributed by atoms with Crippen LogP contribution in [0, 0.1) is 0 Å². The highest BCUT2D eigenvalue weighted by Crippen LogP contribution is 2.40. The minimum atomic E-state index is -0.795. The van der Waals surface area contributed by atoms with Crippen LogP contribution in [0.3, 0.4) is 0 Å². The van der Waals surface area contributed by atoms with Crippen LogP contribution in [0.1, 0.15) is 30.5 Å². The van der Waals surface area contributed by atoms with Gasteiger partial charge >= 0.3 is 12.1 Å². The second kappa shape index (κ2) is 9.80. The van der Waals surface area contributed by atoms with Crippen molar-refractivity contribution in [2.75, 3.05) is 36.2 Å². The zero-order valence-corrected chi connectivity index (χ0v) is 21.5. The van der Waals surface area contributed by atoms with Gasteiger partial charge in [-0.3, -0.25) is 19.1 Å². The van der Waals surface area contributed by atoms with Crippen molar-refractivity contribution in [2.24, 2.45) is 0 Å². The zero-order chi connectivity index (χ0) is 26.4. The number of nitrogens with zero attached hydrogens (tertiary/aromatic N) is 2. The fraction of sp³-hybridized carbons (Fsp3) is 0.333. The molecule has 3 atom stereocenters. The molecule has 6 rings (SSSR count). The third-order valence-electron chi connectivity index (χ3n) is 7.20. The van der Waals surface area contributed by atoms with E-state index in [2.05, 4.69) is 10.6 Å². The monoisotopic (exact) mass is 534 g/mol. The number of hydrogen-bond acceptors (Lipinski definition) is 8. The fourth-order valence-corrected chi connectivity index (χ4v) is 6.27. The van der Waals surface area contributed by atoms with E-state index in [0.29, 0.717) is 43.1 Å². The van der Waals surface area contributed by atoms with E-state index in [1.54, 1.807) is 17.0 Å². The van der Waals surface area contributed by atoms with E-state index < -0.39 is 24.1 Å². The molecule has 0 saturated carbocycles. The largest absolute Gasteiger partial charge is 0.467 e. The molecule has 1 saturated heterocycles. The molecule has 1 fully saturated rings. The maximum atomic E-state index is 12.7. The van der Waals surface area contributed by atoms with Crippen molar-refractivity contribution >= 4 is 52.0 Å². The molecule has 11 heteroatoms. The van der Waals surface area contributed by atoms with Crippen LogP contribution in [0.4, 0.5) is 16.2 Å². The van der Waals surface area contributed by atoms with Crippen molar-refractivity contribution in [1.82, 2.24) is 9.88 Å². The Hall–Kier alpha value is -3.83. The predicted molar refractivity (Wildman–Crippen MR) is 143 cm³/mol. The van der Waals surface area contributed by atoms with Gasteiger partial charge in [0.15, 0.2) is 6.04 Å². The Morgan fingerprint density at radius 2 is 2.05 bits per heavy atom. The molecule has 3 aliphatic heterocycles. The van der Waals surface area contributed by atoms with Crippen LogP contribution in [0.5, 0.6) is 0 Å². The molecule has 2 N–H and O–H groups in total. The second-order valence-corrected chi connectivity index (χ2v) is 10.5. The first kappa shape index (κ1) is 24.5. The SMILES string of the molecule is COC(=O)[C@@H]1[C@@H](NCCC[C@@H]2CN(c3ccc4c(c3)NC(=O)CS4)C(=O)O2)c2cccc3ccc(=O)n1c23. The molecule has 1 aromatic heterocycles. The number of aromatic nitrogens is 1. The van der Waals surface area contributed by atoms with Gasteiger partial charge in [-0.05, 0) is 54.6 Å². The first-order valence-electron chi connectivity index (χ1n) is 12.4. The summed E-state index contributed by atoms with van der Waals surface area (Å²) >= 11 is 1.47. The van der Waals surface area contributed by atoms with Crippen molar-refractivity contribution in [3.63, 3.8) is 0 Å². The maximum Gasteiger partial charge on any atom is 0.414 e. The lowest BCUT2D eigenvalue weighted by atomic mass is 10.0. The molecule has 0 unspecified atom stereocenters. The van der Waals surface area contributed by atoms with Gasteiger partial charge in [-0.15, -0.1) is 11.8 Å². The van der Waals surface area contributed by atoms with E-state index in [1.165, 1.54) is 29.5 Å². The van der Waals surface area contributed by atoms with Crippen molar-refractivity contribution in [1.29, 1.82) is 0 Å². The lowest BCUT2D eigenvalue weighted by molar-refractivity contribution is -0.145. The molecular weight excluding hydrogens is 508 g/mol. The summed E-state index contributed by atoms with van der Waals surface area (Å²) in [5.74, 6) is -0.156. The minimum Gasteiger partial charge on any atom is -0.467 e. The number of anilines is 2. The van der Waals surface area contributed by atoms with Crippen LogP contribution in [0.25, 0.3) is 10.9 Å². The summed E-state index contributed by atoms with van der Waals surface area (Å²) in [5, 5.41) is 7.18. The summed E-state index contributed by atoms with van der Waals surface area (Å²) in [6.45, 7) is 0.959. The predicted octanol–water partition coefficient (Wildman–Crippen LogP) is 3.21. The van der Waals surface area contributed by atoms with Gasteiger partial charge in [0.05, 0.1) is 36.7 Å². The highest BCUT2D eigenvalue weighted by Gasteiger charge is 2.40. The van der Waals surface area contributed by atoms with Crippen molar-refractivity contribution < 1.29 is 23.9 Å². The number of nitrogens with one attached hydrogen (secondary N) is 2. The van der Waals surface area contributed by atoms with Crippen LogP contribution in [0.15, 0.2) is 58.2 Å². The van der Waals surface area contributed by atoms with Crippen molar-refractivity contribution in [3.8, 4) is 0 Å². The number of benzene rings is 2. The molecule has 2 amide bonds. The summed E-state index contributed by atoms with van der Waals surface area (Å²) in [6, 6.07) is 13.4. The molecule has 38 heavy (non-hydrogen) atoms. The van der Waals surface area contributed by atoms with Gasteiger partial charge in [-0.25, -0.2) is 9.59 Å². The number of esters is 1. The molecule has 3 aliphatic rings. The van der Waals surface area contributed by atoms with Crippen molar-refractivity contribution in [2.45, 2.75) is 35.9 Å². The number of ether oxygens (including phenoxy) is 2. The van der Waals surface area contributed by atoms with Gasteiger partial charge in [-0.2, -0.15) is 0 Å². The van der Waals surface area contributed by atoms with E-state index >= 15 is 0 Å². The molecule has 0 spiro atoms. The Bertz CT molecular complexity index is 1520. The van der Waals surface area contributed by atoms with Gasteiger partial charge in [0.2, 0.25) is 5.91 Å². The molecule has 0 bridgehead atoms. The Kier molecular flexibility index (Phi) is 6.32. The number of hydrogen-bond donors (Lipinski definition) is 2. The highest BCUT2D eigenvalue weighted by atomic mass is 32.2. The number of para-hydroxylation sites is 1. The van der Waals surface area contributed by atoms with Gasteiger partial charge in [0.1, 0.15) is 6.10 Å². The third kappa shape index (κ3) is 4.21. The number of fused-ring (bicyclic) bond motifs is 1. The van der Waals surface area contributed by atoms with Crippen LogP contribution in [-0.4, -0.2) is 54.6 Å². The summed E-state index contributed by atoms with van der Waals surface area (Å²) < 4.78 is 12.2. The van der Waals surface area contributed by atoms with Gasteiger partial charge in [0.25, 0.3) is 5.56 Å². The zero-order valence-electron chi connectivity index (χ0n) is 20.6. The van der Waals surface area contributed by atoms with Crippen LogP contribution in [-0.2, 0) is 19.1 Å². The lowest BCUT2D eigenvalue weighted by Gasteiger charge is -2.21. The molecule has 4 heterocycles. The molecule has 2 aromatic carbocycles. The molecule has 0 radical (unpaired) electrons. The maximum absolute atomic E-state index is 12.7. The Balaban J connectivity index is 1.10. The summed E-state index contributed by atoms with van der Waals surface area (Å²) in [5.41, 5.74) is 2.76. The van der Waals surface area contributed by atoms with Gasteiger partial charge < -0.3 is 20.1 Å². The molecule has 10 nitrogen and oxygen atoms in total. The smallest absolute Gasteiger partial charge is 0.414 e. The number of rotatable bonds is 7. The molecular formula is C27H26N4O6S. The number of methoxy groups -OCH3 is 1. The first-order valence-corrected chi connectivity index (χ1v) is 13.4. The number of cyclic esters (lactones) is 1. The van der Waals surface area contributed by atoms with E-state index in [4.69, 9.17) is 9.47 Å². The summed E-state index contributed by atoms with van der Waals surface area (Å²) in [4.78, 5) is 52.3. The number of amides is 2. The van der Waals surface area contributed by atoms with Crippen molar-refractivity contribution in [3.05, 3.63) is 64.4 Å². The highest BCUT2D eigenvalue weighted by molar-refractivity contribution is 8.00.